The first kappa shape index (κ1) is 12.9. The summed E-state index contributed by atoms with van der Waals surface area (Å²) in [4.78, 5) is 0. The zero-order valence-corrected chi connectivity index (χ0v) is 12.1. The average molecular weight is 298 g/mol. The lowest BCUT2D eigenvalue weighted by molar-refractivity contribution is 0.0595. The molecule has 0 saturated carbocycles. The topological polar surface area (TPSA) is 21.3 Å². The van der Waals surface area contributed by atoms with Gasteiger partial charge in [0.1, 0.15) is 0 Å². The van der Waals surface area contributed by atoms with Crippen molar-refractivity contribution in [2.45, 2.75) is 26.7 Å². The van der Waals surface area contributed by atoms with Crippen LogP contribution in [0.2, 0.25) is 0 Å². The molecule has 1 aromatic carbocycles. The van der Waals surface area contributed by atoms with E-state index in [2.05, 4.69) is 47.2 Å². The van der Waals surface area contributed by atoms with Crippen molar-refractivity contribution >= 4 is 21.6 Å². The molecule has 2 nitrogen and oxygen atoms in total. The summed E-state index contributed by atoms with van der Waals surface area (Å²) in [5.41, 5.74) is 3.88. The highest BCUT2D eigenvalue weighted by Gasteiger charge is 2.14. The molecule has 94 valence electrons. The molecule has 1 aromatic rings. The van der Waals surface area contributed by atoms with Crippen LogP contribution in [0, 0.1) is 19.8 Å². The van der Waals surface area contributed by atoms with Gasteiger partial charge in [0.25, 0.3) is 0 Å². The van der Waals surface area contributed by atoms with Crippen LogP contribution in [-0.4, -0.2) is 19.8 Å². The van der Waals surface area contributed by atoms with E-state index in [9.17, 15) is 0 Å². The van der Waals surface area contributed by atoms with E-state index in [1.165, 1.54) is 29.7 Å². The van der Waals surface area contributed by atoms with Crippen molar-refractivity contribution in [3.63, 3.8) is 0 Å². The molecule has 1 atom stereocenters. The third-order valence-corrected chi connectivity index (χ3v) is 3.78. The summed E-state index contributed by atoms with van der Waals surface area (Å²) in [6, 6.07) is 4.32. The molecule has 0 aromatic heterocycles. The first-order valence-electron chi connectivity index (χ1n) is 6.25. The number of hydrogen-bond donors (Lipinski definition) is 1. The van der Waals surface area contributed by atoms with Gasteiger partial charge in [0.2, 0.25) is 0 Å². The lowest BCUT2D eigenvalue weighted by atomic mass is 10.0. The van der Waals surface area contributed by atoms with E-state index >= 15 is 0 Å². The van der Waals surface area contributed by atoms with Crippen molar-refractivity contribution in [1.29, 1.82) is 0 Å². The Hall–Kier alpha value is -0.540. The number of rotatable bonds is 3. The van der Waals surface area contributed by atoms with Gasteiger partial charge in [-0.05, 0) is 55.9 Å². The zero-order valence-electron chi connectivity index (χ0n) is 10.6. The largest absolute Gasteiger partial charge is 0.384 e. The summed E-state index contributed by atoms with van der Waals surface area (Å²) in [5.74, 6) is 0.659. The summed E-state index contributed by atoms with van der Waals surface area (Å²) < 4.78 is 6.65. The molecular formula is C14H20BrNO. The number of hydrogen-bond acceptors (Lipinski definition) is 2. The summed E-state index contributed by atoms with van der Waals surface area (Å²) in [7, 11) is 0. The van der Waals surface area contributed by atoms with E-state index in [4.69, 9.17) is 4.74 Å². The Bertz CT molecular complexity index is 363. The third kappa shape index (κ3) is 3.46. The van der Waals surface area contributed by atoms with Crippen LogP contribution in [0.1, 0.15) is 24.0 Å². The van der Waals surface area contributed by atoms with Crippen LogP contribution in [0.3, 0.4) is 0 Å². The van der Waals surface area contributed by atoms with Crippen LogP contribution in [0.4, 0.5) is 5.69 Å². The van der Waals surface area contributed by atoms with E-state index in [1.54, 1.807) is 0 Å². The number of nitrogens with one attached hydrogen (secondary N) is 1. The second-order valence-electron chi connectivity index (χ2n) is 4.88. The normalized spacial score (nSPS) is 20.3. The molecule has 17 heavy (non-hydrogen) atoms. The Labute approximate surface area is 112 Å². The number of ether oxygens (including phenoxy) is 1. The van der Waals surface area contributed by atoms with Crippen molar-refractivity contribution in [2.75, 3.05) is 25.1 Å². The minimum absolute atomic E-state index is 0.659. The van der Waals surface area contributed by atoms with Gasteiger partial charge in [-0.2, -0.15) is 0 Å². The molecule has 1 heterocycles. The van der Waals surface area contributed by atoms with Crippen molar-refractivity contribution in [1.82, 2.24) is 0 Å². The van der Waals surface area contributed by atoms with Crippen LogP contribution < -0.4 is 5.32 Å². The molecular weight excluding hydrogens is 278 g/mol. The van der Waals surface area contributed by atoms with Gasteiger partial charge in [-0.25, -0.2) is 0 Å². The van der Waals surface area contributed by atoms with E-state index in [-0.39, 0.29) is 0 Å². The Morgan fingerprint density at radius 2 is 2.06 bits per heavy atom. The minimum Gasteiger partial charge on any atom is -0.384 e. The molecule has 1 unspecified atom stereocenters. The van der Waals surface area contributed by atoms with Crippen molar-refractivity contribution in [2.24, 2.45) is 5.92 Å². The van der Waals surface area contributed by atoms with Crippen molar-refractivity contribution < 1.29 is 4.74 Å². The van der Waals surface area contributed by atoms with Gasteiger partial charge in [0.05, 0.1) is 6.61 Å². The smallest absolute Gasteiger partial charge is 0.0511 e. The summed E-state index contributed by atoms with van der Waals surface area (Å²) in [6.45, 7) is 7.16. The fourth-order valence-corrected chi connectivity index (χ4v) is 3.09. The molecule has 1 fully saturated rings. The van der Waals surface area contributed by atoms with E-state index < -0.39 is 0 Å². The molecule has 1 aliphatic rings. The highest BCUT2D eigenvalue weighted by molar-refractivity contribution is 9.10. The Balaban J connectivity index is 1.98. The number of aryl methyl sites for hydroxylation is 2. The third-order valence-electron chi connectivity index (χ3n) is 3.32. The SMILES string of the molecule is Cc1cc(Br)cc(C)c1NCC1CCCOC1. The van der Waals surface area contributed by atoms with E-state index in [0.29, 0.717) is 5.92 Å². The predicted molar refractivity (Wildman–Crippen MR) is 75.6 cm³/mol. The fourth-order valence-electron chi connectivity index (χ4n) is 2.40. The van der Waals surface area contributed by atoms with Crippen LogP contribution in [0.25, 0.3) is 0 Å². The molecule has 2 rings (SSSR count). The molecule has 1 N–H and O–H groups in total. The van der Waals surface area contributed by atoms with Gasteiger partial charge >= 0.3 is 0 Å². The lowest BCUT2D eigenvalue weighted by Gasteiger charge is -2.24. The summed E-state index contributed by atoms with van der Waals surface area (Å²) >= 11 is 3.53. The molecule has 0 amide bonds. The van der Waals surface area contributed by atoms with Gasteiger partial charge in [0.15, 0.2) is 0 Å². The minimum atomic E-state index is 0.659. The van der Waals surface area contributed by atoms with Crippen LogP contribution in [0.15, 0.2) is 16.6 Å². The van der Waals surface area contributed by atoms with Gasteiger partial charge in [-0.1, -0.05) is 15.9 Å². The molecule has 0 aliphatic carbocycles. The maximum atomic E-state index is 5.50. The monoisotopic (exact) mass is 297 g/mol. The van der Waals surface area contributed by atoms with E-state index in [0.717, 1.165) is 24.2 Å². The highest BCUT2D eigenvalue weighted by Crippen LogP contribution is 2.26. The van der Waals surface area contributed by atoms with E-state index in [1.807, 2.05) is 0 Å². The molecule has 0 radical (unpaired) electrons. The molecule has 1 aliphatic heterocycles. The number of benzene rings is 1. The van der Waals surface area contributed by atoms with Crippen LogP contribution in [0.5, 0.6) is 0 Å². The zero-order chi connectivity index (χ0) is 12.3. The number of halogens is 1. The first-order valence-corrected chi connectivity index (χ1v) is 7.04. The number of anilines is 1. The first-order chi connectivity index (χ1) is 8.16. The quantitative estimate of drug-likeness (QED) is 0.913. The van der Waals surface area contributed by atoms with Gasteiger partial charge in [-0.15, -0.1) is 0 Å². The Morgan fingerprint density at radius 1 is 1.35 bits per heavy atom. The fraction of sp³-hybridized carbons (Fsp3) is 0.571. The van der Waals surface area contributed by atoms with Crippen molar-refractivity contribution in [3.8, 4) is 0 Å². The molecule has 3 heteroatoms. The predicted octanol–water partition coefficient (Wildman–Crippen LogP) is 3.90. The lowest BCUT2D eigenvalue weighted by Crippen LogP contribution is -2.24. The Kier molecular flexibility index (Phi) is 4.46. The molecule has 0 bridgehead atoms. The van der Waals surface area contributed by atoms with Crippen LogP contribution in [-0.2, 0) is 4.74 Å². The summed E-state index contributed by atoms with van der Waals surface area (Å²) in [5, 5.41) is 3.58. The molecule has 0 spiro atoms. The van der Waals surface area contributed by atoms with Gasteiger partial charge in [0, 0.05) is 23.3 Å². The standard InChI is InChI=1S/C14H20BrNO/c1-10-6-13(15)7-11(2)14(10)16-8-12-4-3-5-17-9-12/h6-7,12,16H,3-5,8-9H2,1-2H3. The second kappa shape index (κ2) is 5.87. The second-order valence-corrected chi connectivity index (χ2v) is 5.79. The van der Waals surface area contributed by atoms with Gasteiger partial charge in [-0.3, -0.25) is 0 Å². The molecule has 1 saturated heterocycles. The Morgan fingerprint density at radius 3 is 2.65 bits per heavy atom. The maximum absolute atomic E-state index is 5.50. The highest BCUT2D eigenvalue weighted by atomic mass is 79.9. The van der Waals surface area contributed by atoms with Crippen LogP contribution >= 0.6 is 15.9 Å². The maximum Gasteiger partial charge on any atom is 0.0511 e. The average Bonchev–Trinajstić information content (AvgIpc) is 2.29. The van der Waals surface area contributed by atoms with Crippen molar-refractivity contribution in [3.05, 3.63) is 27.7 Å². The summed E-state index contributed by atoms with van der Waals surface area (Å²) in [6.07, 6.45) is 2.48. The van der Waals surface area contributed by atoms with Gasteiger partial charge < -0.3 is 10.1 Å².